The van der Waals surface area contributed by atoms with Gasteiger partial charge in [0.2, 0.25) is 0 Å². The van der Waals surface area contributed by atoms with Crippen molar-refractivity contribution < 1.29 is 9.84 Å². The first-order valence-electron chi connectivity index (χ1n) is 3.99. The first-order chi connectivity index (χ1) is 6.16. The Hall–Kier alpha value is -0.380. The molecule has 0 radical (unpaired) electrons. The van der Waals surface area contributed by atoms with E-state index in [9.17, 15) is 5.11 Å². The summed E-state index contributed by atoms with van der Waals surface area (Å²) in [5.74, 6) is 0.670. The summed E-state index contributed by atoms with van der Waals surface area (Å²) in [6.07, 6.45) is -0.0267. The Labute approximate surface area is 86.9 Å². The minimum Gasteiger partial charge on any atom is -0.480 e. The van der Waals surface area contributed by atoms with Crippen molar-refractivity contribution in [2.24, 2.45) is 0 Å². The van der Waals surface area contributed by atoms with Crippen LogP contribution in [-0.2, 0) is 0 Å². The largest absolute Gasteiger partial charge is 0.480 e. The fourth-order valence-corrected chi connectivity index (χ4v) is 1.89. The lowest BCUT2D eigenvalue weighted by molar-refractivity contribution is 0.103. The van der Waals surface area contributed by atoms with E-state index >= 15 is 0 Å². The third kappa shape index (κ3) is 1.77. The molecule has 2 rings (SSSR count). The zero-order chi connectivity index (χ0) is 9.42. The third-order valence-corrected chi connectivity index (χ3v) is 2.57. The Kier molecular flexibility index (Phi) is 2.41. The van der Waals surface area contributed by atoms with Crippen molar-refractivity contribution in [1.82, 2.24) is 0 Å². The van der Waals surface area contributed by atoms with Crippen LogP contribution in [0, 0.1) is 0 Å². The van der Waals surface area contributed by atoms with E-state index in [1.807, 2.05) is 0 Å². The van der Waals surface area contributed by atoms with Crippen molar-refractivity contribution in [2.75, 3.05) is 0 Å². The van der Waals surface area contributed by atoms with Gasteiger partial charge in [-0.25, -0.2) is 0 Å². The highest BCUT2D eigenvalue weighted by Crippen LogP contribution is 2.36. The van der Waals surface area contributed by atoms with Gasteiger partial charge in [-0.1, -0.05) is 11.6 Å². The van der Waals surface area contributed by atoms with Gasteiger partial charge in [-0.15, -0.1) is 12.6 Å². The van der Waals surface area contributed by atoms with E-state index in [1.165, 1.54) is 0 Å². The molecule has 0 saturated carbocycles. The molecule has 0 fully saturated rings. The zero-order valence-corrected chi connectivity index (χ0v) is 8.42. The van der Waals surface area contributed by atoms with E-state index in [2.05, 4.69) is 12.6 Å². The molecule has 1 aromatic carbocycles. The van der Waals surface area contributed by atoms with Crippen LogP contribution in [0.15, 0.2) is 18.2 Å². The van der Waals surface area contributed by atoms with Crippen LogP contribution < -0.4 is 4.74 Å². The third-order valence-electron chi connectivity index (χ3n) is 2.02. The Morgan fingerprint density at radius 1 is 1.54 bits per heavy atom. The van der Waals surface area contributed by atoms with E-state index in [-0.39, 0.29) is 5.44 Å². The van der Waals surface area contributed by atoms with Gasteiger partial charge in [0.05, 0.1) is 6.10 Å². The van der Waals surface area contributed by atoms with Gasteiger partial charge in [0, 0.05) is 17.0 Å². The van der Waals surface area contributed by atoms with E-state index < -0.39 is 6.10 Å². The average Bonchev–Trinajstić information content (AvgIpc) is 2.06. The van der Waals surface area contributed by atoms with E-state index in [0.717, 1.165) is 5.56 Å². The first kappa shape index (κ1) is 9.19. The van der Waals surface area contributed by atoms with Gasteiger partial charge in [0.25, 0.3) is 0 Å². The second kappa shape index (κ2) is 3.40. The molecule has 1 aromatic rings. The lowest BCUT2D eigenvalue weighted by Crippen LogP contribution is -2.20. The van der Waals surface area contributed by atoms with Crippen molar-refractivity contribution in [3.8, 4) is 5.75 Å². The molecule has 1 aliphatic heterocycles. The molecule has 2 nitrogen and oxygen atoms in total. The molecule has 13 heavy (non-hydrogen) atoms. The number of hydrogen-bond acceptors (Lipinski definition) is 3. The maximum atomic E-state index is 9.67. The van der Waals surface area contributed by atoms with Gasteiger partial charge in [0.1, 0.15) is 11.2 Å². The fraction of sp³-hybridized carbons (Fsp3) is 0.333. The molecule has 0 amide bonds. The van der Waals surface area contributed by atoms with Crippen LogP contribution in [0.2, 0.25) is 5.02 Å². The molecule has 4 heteroatoms. The summed E-state index contributed by atoms with van der Waals surface area (Å²) in [6, 6.07) is 5.21. The Balaban J connectivity index is 2.43. The fourth-order valence-electron chi connectivity index (χ4n) is 1.40. The Morgan fingerprint density at radius 3 is 3.08 bits per heavy atom. The zero-order valence-electron chi connectivity index (χ0n) is 6.77. The minimum atomic E-state index is -0.523. The second-order valence-corrected chi connectivity index (χ2v) is 4.02. The summed E-state index contributed by atoms with van der Waals surface area (Å²) in [5.41, 5.74) is 0.515. The number of halogens is 1. The van der Waals surface area contributed by atoms with Crippen LogP contribution in [0.25, 0.3) is 0 Å². The number of benzene rings is 1. The second-order valence-electron chi connectivity index (χ2n) is 3.01. The Morgan fingerprint density at radius 2 is 2.31 bits per heavy atom. The molecule has 0 saturated heterocycles. The van der Waals surface area contributed by atoms with Gasteiger partial charge in [-0.3, -0.25) is 0 Å². The molecular weight excluding hydrogens is 208 g/mol. The van der Waals surface area contributed by atoms with Crippen LogP contribution in [0.4, 0.5) is 0 Å². The normalized spacial score (nSPS) is 26.4. The smallest absolute Gasteiger partial charge is 0.144 e. The van der Waals surface area contributed by atoms with Gasteiger partial charge in [-0.05, 0) is 18.2 Å². The molecule has 2 atom stereocenters. The molecule has 0 aliphatic carbocycles. The maximum Gasteiger partial charge on any atom is 0.144 e. The van der Waals surface area contributed by atoms with Crippen molar-refractivity contribution in [3.63, 3.8) is 0 Å². The highest BCUT2D eigenvalue weighted by Gasteiger charge is 2.24. The number of aliphatic hydroxyl groups excluding tert-OH is 1. The number of ether oxygens (including phenoxy) is 1. The molecule has 2 unspecified atom stereocenters. The standard InChI is InChI=1S/C9H9ClO2S/c10-5-1-2-8-6(3-5)7(11)4-9(13)12-8/h1-3,7,9,11,13H,4H2. The lowest BCUT2D eigenvalue weighted by Gasteiger charge is -2.26. The summed E-state index contributed by atoms with van der Waals surface area (Å²) in [4.78, 5) is 0. The Bertz CT molecular complexity index is 329. The molecule has 1 heterocycles. The number of hydrogen-bond donors (Lipinski definition) is 2. The van der Waals surface area contributed by atoms with E-state index in [1.54, 1.807) is 18.2 Å². The first-order valence-corrected chi connectivity index (χ1v) is 4.88. The van der Waals surface area contributed by atoms with Crippen molar-refractivity contribution in [2.45, 2.75) is 18.0 Å². The van der Waals surface area contributed by atoms with E-state index in [4.69, 9.17) is 16.3 Å². The average molecular weight is 217 g/mol. The highest BCUT2D eigenvalue weighted by atomic mass is 35.5. The number of fused-ring (bicyclic) bond motifs is 1. The van der Waals surface area contributed by atoms with Gasteiger partial charge >= 0.3 is 0 Å². The SMILES string of the molecule is OC1CC(S)Oc2ccc(Cl)cc21. The topological polar surface area (TPSA) is 29.5 Å². The summed E-state index contributed by atoms with van der Waals surface area (Å²) in [5, 5.41) is 10.3. The summed E-state index contributed by atoms with van der Waals surface area (Å²) in [7, 11) is 0. The lowest BCUT2D eigenvalue weighted by atomic mass is 10.0. The van der Waals surface area contributed by atoms with Crippen LogP contribution in [0.3, 0.4) is 0 Å². The van der Waals surface area contributed by atoms with Crippen molar-refractivity contribution in [1.29, 1.82) is 0 Å². The molecule has 1 aliphatic rings. The van der Waals surface area contributed by atoms with Gasteiger partial charge in [0.15, 0.2) is 0 Å². The molecule has 70 valence electrons. The van der Waals surface area contributed by atoms with Crippen molar-refractivity contribution in [3.05, 3.63) is 28.8 Å². The van der Waals surface area contributed by atoms with Crippen LogP contribution in [0.1, 0.15) is 18.1 Å². The maximum absolute atomic E-state index is 9.67. The summed E-state index contributed by atoms with van der Waals surface area (Å²) in [6.45, 7) is 0. The van der Waals surface area contributed by atoms with Gasteiger partial charge < -0.3 is 9.84 Å². The molecule has 0 bridgehead atoms. The highest BCUT2D eigenvalue weighted by molar-refractivity contribution is 7.80. The van der Waals surface area contributed by atoms with Crippen molar-refractivity contribution >= 4 is 24.2 Å². The summed E-state index contributed by atoms with van der Waals surface area (Å²) >= 11 is 9.95. The van der Waals surface area contributed by atoms with E-state index in [0.29, 0.717) is 17.2 Å². The molecular formula is C9H9ClO2S. The quantitative estimate of drug-likeness (QED) is 0.653. The number of aliphatic hydroxyl groups is 1. The molecule has 1 N–H and O–H groups in total. The van der Waals surface area contributed by atoms with Crippen LogP contribution in [-0.4, -0.2) is 10.5 Å². The van der Waals surface area contributed by atoms with Gasteiger partial charge in [-0.2, -0.15) is 0 Å². The molecule has 0 spiro atoms. The minimum absolute atomic E-state index is 0.233. The summed E-state index contributed by atoms with van der Waals surface area (Å²) < 4.78 is 5.40. The monoisotopic (exact) mass is 216 g/mol. The molecule has 0 aromatic heterocycles. The predicted molar refractivity (Wildman–Crippen MR) is 54.4 cm³/mol. The number of thiol groups is 1. The van der Waals surface area contributed by atoms with Crippen LogP contribution in [0.5, 0.6) is 5.75 Å². The predicted octanol–water partition coefficient (Wildman–Crippen LogP) is 2.41. The number of rotatable bonds is 0. The van der Waals surface area contributed by atoms with Crippen LogP contribution >= 0.6 is 24.2 Å².